The van der Waals surface area contributed by atoms with Crippen molar-refractivity contribution in [1.29, 1.82) is 0 Å². The molecule has 0 unspecified atom stereocenters. The molecular weight excluding hydrogens is 166 g/mol. The molecular formula is C9H9N3O. The summed E-state index contributed by atoms with van der Waals surface area (Å²) in [4.78, 5) is 11.2. The van der Waals surface area contributed by atoms with Crippen LogP contribution >= 0.6 is 0 Å². The predicted molar refractivity (Wildman–Crippen MR) is 47.7 cm³/mol. The molecule has 2 aromatic heterocycles. The highest BCUT2D eigenvalue weighted by Gasteiger charge is 2.06. The topological polar surface area (TPSA) is 47.3 Å². The van der Waals surface area contributed by atoms with Crippen LogP contribution in [0.3, 0.4) is 0 Å². The molecule has 2 aromatic rings. The third-order valence-electron chi connectivity index (χ3n) is 2.02. The van der Waals surface area contributed by atoms with Crippen LogP contribution in [0.15, 0.2) is 18.6 Å². The third kappa shape index (κ3) is 1.20. The van der Waals surface area contributed by atoms with E-state index in [2.05, 4.69) is 10.2 Å². The number of hydrogen-bond donors (Lipinski definition) is 0. The summed E-state index contributed by atoms with van der Waals surface area (Å²) in [5.41, 5.74) is 2.42. The minimum absolute atomic E-state index is 0.0631. The summed E-state index contributed by atoms with van der Waals surface area (Å²) >= 11 is 0. The van der Waals surface area contributed by atoms with Crippen LogP contribution in [0, 0.1) is 6.92 Å². The molecule has 0 saturated carbocycles. The molecule has 4 heteroatoms. The number of carbonyl (C=O) groups is 1. The Bertz CT molecular complexity index is 473. The molecule has 0 atom stereocenters. The first kappa shape index (κ1) is 7.91. The van der Waals surface area contributed by atoms with Crippen LogP contribution in [0.5, 0.6) is 0 Å². The van der Waals surface area contributed by atoms with Gasteiger partial charge in [0, 0.05) is 11.8 Å². The standard InChI is InChI=1S/C9H9N3O/c1-6-3-9-11-10-5-12(9)4-8(6)7(2)13/h3-5H,1-2H3. The molecule has 0 N–H and O–H groups in total. The Labute approximate surface area is 75.2 Å². The highest BCUT2D eigenvalue weighted by atomic mass is 16.1. The van der Waals surface area contributed by atoms with E-state index >= 15 is 0 Å². The number of ketones is 1. The summed E-state index contributed by atoms with van der Waals surface area (Å²) in [5, 5.41) is 7.63. The molecule has 0 spiro atoms. The normalized spacial score (nSPS) is 10.6. The Kier molecular flexibility index (Phi) is 1.62. The van der Waals surface area contributed by atoms with E-state index in [9.17, 15) is 4.79 Å². The summed E-state index contributed by atoms with van der Waals surface area (Å²) in [6.07, 6.45) is 3.34. The van der Waals surface area contributed by atoms with Gasteiger partial charge in [-0.25, -0.2) is 0 Å². The molecule has 0 amide bonds. The Morgan fingerprint density at radius 2 is 2.31 bits per heavy atom. The zero-order chi connectivity index (χ0) is 9.42. The molecule has 2 rings (SSSR count). The molecule has 0 aliphatic rings. The van der Waals surface area contributed by atoms with Gasteiger partial charge in [0.05, 0.1) is 0 Å². The van der Waals surface area contributed by atoms with E-state index in [1.165, 1.54) is 0 Å². The molecule has 2 heterocycles. The quantitative estimate of drug-likeness (QED) is 0.612. The Morgan fingerprint density at radius 1 is 1.54 bits per heavy atom. The van der Waals surface area contributed by atoms with E-state index in [0.717, 1.165) is 11.2 Å². The molecule has 0 bridgehead atoms. The van der Waals surface area contributed by atoms with Gasteiger partial charge in [0.15, 0.2) is 11.4 Å². The van der Waals surface area contributed by atoms with Crippen molar-refractivity contribution >= 4 is 11.4 Å². The van der Waals surface area contributed by atoms with Crippen LogP contribution < -0.4 is 0 Å². The first-order valence-corrected chi connectivity index (χ1v) is 3.99. The van der Waals surface area contributed by atoms with Gasteiger partial charge in [-0.15, -0.1) is 10.2 Å². The van der Waals surface area contributed by atoms with Crippen molar-refractivity contribution in [2.75, 3.05) is 0 Å². The van der Waals surface area contributed by atoms with Gasteiger partial charge in [-0.3, -0.25) is 9.20 Å². The summed E-state index contributed by atoms with van der Waals surface area (Å²) in [5.74, 6) is 0.0631. The number of carbonyl (C=O) groups excluding carboxylic acids is 1. The van der Waals surface area contributed by atoms with E-state index in [1.807, 2.05) is 13.0 Å². The molecule has 0 aliphatic heterocycles. The van der Waals surface area contributed by atoms with E-state index in [1.54, 1.807) is 23.8 Å². The Balaban J connectivity index is 2.76. The average molecular weight is 175 g/mol. The van der Waals surface area contributed by atoms with Crippen LogP contribution in [0.25, 0.3) is 5.65 Å². The van der Waals surface area contributed by atoms with Crippen LogP contribution in [0.2, 0.25) is 0 Å². The monoisotopic (exact) mass is 175 g/mol. The Hall–Kier alpha value is -1.71. The summed E-state index contributed by atoms with van der Waals surface area (Å²) in [6, 6.07) is 1.85. The molecule has 13 heavy (non-hydrogen) atoms. The van der Waals surface area contributed by atoms with Crippen molar-refractivity contribution < 1.29 is 4.79 Å². The maximum atomic E-state index is 11.2. The number of rotatable bonds is 1. The third-order valence-corrected chi connectivity index (χ3v) is 2.02. The summed E-state index contributed by atoms with van der Waals surface area (Å²) in [7, 11) is 0. The van der Waals surface area contributed by atoms with Crippen LogP contribution in [-0.4, -0.2) is 20.4 Å². The first-order valence-electron chi connectivity index (χ1n) is 3.99. The highest BCUT2D eigenvalue weighted by Crippen LogP contribution is 2.10. The number of aryl methyl sites for hydroxylation is 1. The highest BCUT2D eigenvalue weighted by molar-refractivity contribution is 5.95. The second-order valence-electron chi connectivity index (χ2n) is 3.02. The van der Waals surface area contributed by atoms with Crippen LogP contribution in [-0.2, 0) is 0 Å². The average Bonchev–Trinajstić information content (AvgIpc) is 2.48. The van der Waals surface area contributed by atoms with Gasteiger partial charge >= 0.3 is 0 Å². The SMILES string of the molecule is CC(=O)c1cn2cnnc2cc1C. The molecule has 4 nitrogen and oxygen atoms in total. The number of Topliss-reactive ketones (excluding diaryl/α,β-unsaturated/α-hetero) is 1. The maximum Gasteiger partial charge on any atom is 0.161 e. The minimum atomic E-state index is 0.0631. The first-order chi connectivity index (χ1) is 6.18. The summed E-state index contributed by atoms with van der Waals surface area (Å²) < 4.78 is 1.74. The van der Waals surface area contributed by atoms with Crippen molar-refractivity contribution in [3.63, 3.8) is 0 Å². The van der Waals surface area contributed by atoms with E-state index in [0.29, 0.717) is 5.56 Å². The number of fused-ring (bicyclic) bond motifs is 1. The lowest BCUT2D eigenvalue weighted by Crippen LogP contribution is -1.99. The predicted octanol–water partition coefficient (Wildman–Crippen LogP) is 1.24. The van der Waals surface area contributed by atoms with Crippen molar-refractivity contribution in [2.24, 2.45) is 0 Å². The second-order valence-corrected chi connectivity index (χ2v) is 3.02. The fraction of sp³-hybridized carbons (Fsp3) is 0.222. The number of nitrogens with zero attached hydrogens (tertiary/aromatic N) is 3. The van der Waals surface area contributed by atoms with E-state index < -0.39 is 0 Å². The number of pyridine rings is 1. The van der Waals surface area contributed by atoms with Gasteiger partial charge < -0.3 is 0 Å². The van der Waals surface area contributed by atoms with Crippen molar-refractivity contribution in [1.82, 2.24) is 14.6 Å². The fourth-order valence-corrected chi connectivity index (χ4v) is 1.34. The fourth-order valence-electron chi connectivity index (χ4n) is 1.34. The molecule has 66 valence electrons. The largest absolute Gasteiger partial charge is 0.294 e. The Morgan fingerprint density at radius 3 is 3.00 bits per heavy atom. The zero-order valence-electron chi connectivity index (χ0n) is 7.48. The van der Waals surface area contributed by atoms with Crippen molar-refractivity contribution in [3.8, 4) is 0 Å². The van der Waals surface area contributed by atoms with Gasteiger partial charge in [0.1, 0.15) is 6.33 Å². The molecule has 0 fully saturated rings. The number of aromatic nitrogens is 3. The molecule has 0 aliphatic carbocycles. The van der Waals surface area contributed by atoms with Gasteiger partial charge in [-0.1, -0.05) is 0 Å². The summed E-state index contributed by atoms with van der Waals surface area (Å²) in [6.45, 7) is 3.45. The second kappa shape index (κ2) is 2.65. The van der Waals surface area contributed by atoms with Crippen molar-refractivity contribution in [2.45, 2.75) is 13.8 Å². The lowest BCUT2D eigenvalue weighted by Gasteiger charge is -2.01. The van der Waals surface area contributed by atoms with E-state index in [4.69, 9.17) is 0 Å². The maximum absolute atomic E-state index is 11.2. The lowest BCUT2D eigenvalue weighted by atomic mass is 10.1. The minimum Gasteiger partial charge on any atom is -0.294 e. The van der Waals surface area contributed by atoms with E-state index in [-0.39, 0.29) is 5.78 Å². The lowest BCUT2D eigenvalue weighted by molar-refractivity contribution is 0.101. The number of hydrogen-bond acceptors (Lipinski definition) is 3. The van der Waals surface area contributed by atoms with Crippen LogP contribution in [0.1, 0.15) is 22.8 Å². The van der Waals surface area contributed by atoms with Gasteiger partial charge in [0.25, 0.3) is 0 Å². The smallest absolute Gasteiger partial charge is 0.161 e. The zero-order valence-corrected chi connectivity index (χ0v) is 7.48. The van der Waals surface area contributed by atoms with Crippen LogP contribution in [0.4, 0.5) is 0 Å². The molecule has 0 saturated heterocycles. The van der Waals surface area contributed by atoms with Crippen molar-refractivity contribution in [3.05, 3.63) is 29.7 Å². The molecule has 0 aromatic carbocycles. The van der Waals surface area contributed by atoms with Gasteiger partial charge in [-0.2, -0.15) is 0 Å². The molecule has 0 radical (unpaired) electrons. The van der Waals surface area contributed by atoms with Gasteiger partial charge in [-0.05, 0) is 25.5 Å². The van der Waals surface area contributed by atoms with Gasteiger partial charge in [0.2, 0.25) is 0 Å².